The van der Waals surface area contributed by atoms with Gasteiger partial charge in [0.25, 0.3) is 0 Å². The van der Waals surface area contributed by atoms with E-state index in [1.165, 1.54) is 12.7 Å². The summed E-state index contributed by atoms with van der Waals surface area (Å²) >= 11 is 3.86. The summed E-state index contributed by atoms with van der Waals surface area (Å²) in [5.74, 6) is 0.851. The van der Waals surface area contributed by atoms with Gasteiger partial charge in [-0.05, 0) is 123 Å². The third kappa shape index (κ3) is 14.1. The van der Waals surface area contributed by atoms with Crippen LogP contribution in [-0.2, 0) is 25.5 Å². The number of imidazole rings is 1. The van der Waals surface area contributed by atoms with Gasteiger partial charge in [0.05, 0.1) is 29.4 Å². The van der Waals surface area contributed by atoms with Gasteiger partial charge in [-0.25, -0.2) is 4.98 Å². The summed E-state index contributed by atoms with van der Waals surface area (Å²) < 4.78 is 21.3. The van der Waals surface area contributed by atoms with E-state index in [4.69, 9.17) is 15.5 Å². The number of ketones is 1. The molecule has 4 atom stereocenters. The Labute approximate surface area is 398 Å². The minimum atomic E-state index is -0.905. The van der Waals surface area contributed by atoms with E-state index >= 15 is 0 Å². The molecule has 0 saturated carbocycles. The summed E-state index contributed by atoms with van der Waals surface area (Å²) in [6.07, 6.45) is 9.79. The summed E-state index contributed by atoms with van der Waals surface area (Å²) in [5.41, 5.74) is 11.0. The number of nitrogens with zero attached hydrogens (tertiary/aromatic N) is 2. The SMILES string of the molecule is CC.COC(=O)C(C)(CC(N)C(C)(CC(C)(C)CC(c1ccccc1)C(C)(C)C)C(=O)CCCCc1ccc(-c2nccn2-c2ccccc2C)c(C(C)(C)SF)c1)C(C)(C)C.CS. The predicted molar refractivity (Wildman–Crippen MR) is 276 cm³/mol. The molecule has 4 rings (SSSR count). The van der Waals surface area contributed by atoms with Crippen LogP contribution >= 0.6 is 24.8 Å². The highest BCUT2D eigenvalue weighted by Crippen LogP contribution is 2.51. The molecule has 3 aromatic carbocycles. The molecule has 64 heavy (non-hydrogen) atoms. The van der Waals surface area contributed by atoms with E-state index < -0.39 is 27.0 Å². The maximum atomic E-state index is 14.8. The monoisotopic (exact) mass is 918 g/mol. The van der Waals surface area contributed by atoms with Crippen molar-refractivity contribution < 1.29 is 18.2 Å². The van der Waals surface area contributed by atoms with Crippen LogP contribution in [-0.4, -0.2) is 40.7 Å². The quantitative estimate of drug-likeness (QED) is 0.0553. The lowest BCUT2D eigenvalue weighted by atomic mass is 9.57. The Kier molecular flexibility index (Phi) is 21.2. The summed E-state index contributed by atoms with van der Waals surface area (Å²) in [4.78, 5) is 33.1. The lowest BCUT2D eigenvalue weighted by Gasteiger charge is -2.47. The molecule has 4 aromatic rings. The molecular weight excluding hydrogens is 834 g/mol. The van der Waals surface area contributed by atoms with Gasteiger partial charge < -0.3 is 10.5 Å². The fourth-order valence-corrected chi connectivity index (χ4v) is 9.42. The third-order valence-corrected chi connectivity index (χ3v) is 14.1. The van der Waals surface area contributed by atoms with Crippen molar-refractivity contribution in [1.29, 1.82) is 0 Å². The number of aromatic nitrogens is 2. The van der Waals surface area contributed by atoms with Crippen LogP contribution in [0.1, 0.15) is 164 Å². The average molecular weight is 918 g/mol. The first-order valence-electron chi connectivity index (χ1n) is 23.2. The maximum Gasteiger partial charge on any atom is 0.312 e. The Bertz CT molecular complexity index is 2070. The number of para-hydroxylation sites is 1. The molecule has 6 nitrogen and oxygen atoms in total. The first kappa shape index (κ1) is 56.7. The fourth-order valence-electron chi connectivity index (χ4n) is 9.16. The van der Waals surface area contributed by atoms with Crippen molar-refractivity contribution in [2.24, 2.45) is 32.8 Å². The molecule has 0 aliphatic rings. The normalized spacial score (nSPS) is 15.0. The number of benzene rings is 3. The molecule has 2 N–H and O–H groups in total. The zero-order valence-electron chi connectivity index (χ0n) is 42.6. The van der Waals surface area contributed by atoms with Crippen LogP contribution in [0.4, 0.5) is 3.89 Å². The minimum absolute atomic E-state index is 0.00518. The van der Waals surface area contributed by atoms with E-state index in [0.29, 0.717) is 37.8 Å². The number of halogens is 1. The van der Waals surface area contributed by atoms with Crippen LogP contribution in [0.3, 0.4) is 0 Å². The molecule has 0 bridgehead atoms. The number of hydrogen-bond acceptors (Lipinski definition) is 7. The number of unbranched alkanes of at least 4 members (excludes halogenated alkanes) is 1. The highest BCUT2D eigenvalue weighted by molar-refractivity contribution is 7.95. The number of esters is 1. The number of ether oxygens (including phenoxy) is 1. The molecule has 0 amide bonds. The lowest BCUT2D eigenvalue weighted by molar-refractivity contribution is -0.161. The van der Waals surface area contributed by atoms with E-state index in [1.54, 1.807) is 12.5 Å². The molecule has 0 aliphatic carbocycles. The van der Waals surface area contributed by atoms with E-state index in [9.17, 15) is 13.5 Å². The summed E-state index contributed by atoms with van der Waals surface area (Å²) in [6, 6.07) is 24.6. The fraction of sp³-hybridized carbons (Fsp3) is 0.582. The molecule has 1 aromatic heterocycles. The molecule has 9 heteroatoms. The van der Waals surface area contributed by atoms with Crippen LogP contribution in [0.25, 0.3) is 17.1 Å². The minimum Gasteiger partial charge on any atom is -0.469 e. The van der Waals surface area contributed by atoms with Crippen LogP contribution in [0.5, 0.6) is 0 Å². The van der Waals surface area contributed by atoms with Gasteiger partial charge in [-0.3, -0.25) is 14.2 Å². The molecule has 356 valence electrons. The van der Waals surface area contributed by atoms with Crippen molar-refractivity contribution in [1.82, 2.24) is 9.55 Å². The summed E-state index contributed by atoms with van der Waals surface area (Å²) in [5, 5.41) is 0. The maximum absolute atomic E-state index is 14.8. The highest BCUT2D eigenvalue weighted by Gasteiger charge is 2.52. The van der Waals surface area contributed by atoms with Crippen LogP contribution in [0, 0.1) is 34.0 Å². The number of aryl methyl sites for hydroxylation is 2. The smallest absolute Gasteiger partial charge is 0.312 e. The van der Waals surface area contributed by atoms with E-state index in [0.717, 1.165) is 53.0 Å². The van der Waals surface area contributed by atoms with Crippen LogP contribution in [0.15, 0.2) is 85.2 Å². The van der Waals surface area contributed by atoms with E-state index in [1.807, 2.05) is 80.6 Å². The van der Waals surface area contributed by atoms with Crippen molar-refractivity contribution >= 4 is 36.5 Å². The van der Waals surface area contributed by atoms with Gasteiger partial charge in [-0.2, -0.15) is 16.5 Å². The summed E-state index contributed by atoms with van der Waals surface area (Å²) in [6.45, 7) is 31.4. The molecular formula is C55H84FN3O3S2. The molecule has 4 unspecified atom stereocenters. The molecule has 0 fully saturated rings. The Morgan fingerprint density at radius 3 is 1.98 bits per heavy atom. The number of carbonyl (C=O) groups is 2. The Morgan fingerprint density at radius 2 is 1.44 bits per heavy atom. The van der Waals surface area contributed by atoms with Crippen molar-refractivity contribution in [3.63, 3.8) is 0 Å². The van der Waals surface area contributed by atoms with Gasteiger partial charge >= 0.3 is 5.97 Å². The second-order valence-electron chi connectivity index (χ2n) is 21.2. The number of nitrogens with two attached hydrogens (primary N) is 1. The number of Topliss-reactive ketones (excluding diaryl/α,β-unsaturated/α-hetero) is 1. The number of thiol groups is 1. The zero-order chi connectivity index (χ0) is 48.9. The first-order chi connectivity index (χ1) is 29.8. The Morgan fingerprint density at radius 1 is 0.844 bits per heavy atom. The second-order valence-corrected chi connectivity index (χ2v) is 22.4. The van der Waals surface area contributed by atoms with Crippen LogP contribution in [0.2, 0.25) is 0 Å². The van der Waals surface area contributed by atoms with Gasteiger partial charge in [0.1, 0.15) is 11.6 Å². The van der Waals surface area contributed by atoms with Crippen molar-refractivity contribution in [2.45, 2.75) is 166 Å². The lowest BCUT2D eigenvalue weighted by Crippen LogP contribution is -2.54. The highest BCUT2D eigenvalue weighted by atomic mass is 32.2. The van der Waals surface area contributed by atoms with E-state index in [-0.39, 0.29) is 28.5 Å². The molecule has 0 saturated heterocycles. The summed E-state index contributed by atoms with van der Waals surface area (Å²) in [7, 11) is 1.43. The van der Waals surface area contributed by atoms with Gasteiger partial charge in [0, 0.05) is 41.5 Å². The van der Waals surface area contributed by atoms with Crippen molar-refractivity contribution in [3.05, 3.63) is 107 Å². The third-order valence-electron chi connectivity index (χ3n) is 13.5. The predicted octanol–water partition coefficient (Wildman–Crippen LogP) is 15.1. The van der Waals surface area contributed by atoms with Gasteiger partial charge in [-0.15, -0.1) is 0 Å². The molecule has 1 heterocycles. The second kappa shape index (κ2) is 23.9. The Hall–Kier alpha value is -3.40. The van der Waals surface area contributed by atoms with Gasteiger partial charge in [0.2, 0.25) is 0 Å². The molecule has 0 aliphatic heterocycles. The molecule has 0 spiro atoms. The van der Waals surface area contributed by atoms with Crippen LogP contribution < -0.4 is 5.73 Å². The number of carbonyl (C=O) groups excluding carboxylic acids is 2. The van der Waals surface area contributed by atoms with Gasteiger partial charge in [0.15, 0.2) is 0 Å². The average Bonchev–Trinajstić information content (AvgIpc) is 3.74. The topological polar surface area (TPSA) is 87.2 Å². The Balaban J connectivity index is 0.00000342. The number of rotatable bonds is 19. The molecule has 0 radical (unpaired) electrons. The van der Waals surface area contributed by atoms with E-state index in [2.05, 4.69) is 119 Å². The number of methoxy groups -OCH3 is 1. The number of hydrogen-bond donors (Lipinski definition) is 2. The van der Waals surface area contributed by atoms with Crippen molar-refractivity contribution in [3.8, 4) is 17.1 Å². The van der Waals surface area contributed by atoms with Crippen molar-refractivity contribution in [2.75, 3.05) is 13.4 Å². The standard InChI is InChI=1S/C52H74FN3O3S.C2H6.CH4S/c1-36-22-18-20-26-42(36)56-31-30-55-45(56)39-29-28-37(32-40(39)50(10,11)60-53)23-19-21-27-44(57)51(12,43(54)34-52(13,46(58)59-14)48(5,6)7)35-49(8,9)33-41(47(2,3)4)38-24-16-15-17-25-38;2*1-2/h15-18,20,22,24-26,28-32,41,43H,19,21,23,27,33-35,54H2,1-14H3;1-2H3;2H,1H3. The zero-order valence-corrected chi connectivity index (χ0v) is 44.3. The van der Waals surface area contributed by atoms with Gasteiger partial charge in [-0.1, -0.05) is 143 Å². The first-order valence-corrected chi connectivity index (χ1v) is 24.8. The largest absolute Gasteiger partial charge is 0.469 e.